The van der Waals surface area contributed by atoms with Crippen molar-refractivity contribution in [2.75, 3.05) is 13.2 Å². The van der Waals surface area contributed by atoms with E-state index in [9.17, 15) is 0 Å². The predicted molar refractivity (Wildman–Crippen MR) is 91.5 cm³/mol. The van der Waals surface area contributed by atoms with Crippen molar-refractivity contribution in [3.05, 3.63) is 60.1 Å². The van der Waals surface area contributed by atoms with Crippen LogP contribution in [0.5, 0.6) is 0 Å². The molecule has 0 bridgehead atoms. The molecule has 0 radical (unpaired) electrons. The zero-order valence-electron chi connectivity index (χ0n) is 14.2. The van der Waals surface area contributed by atoms with Crippen molar-refractivity contribution < 1.29 is 14.5 Å². The molecule has 0 amide bonds. The van der Waals surface area contributed by atoms with Gasteiger partial charge in [-0.1, -0.05) is 30.3 Å². The number of furan rings is 1. The van der Waals surface area contributed by atoms with E-state index >= 15 is 0 Å². The minimum Gasteiger partial charge on any atom is -0.469 e. The molecule has 0 spiro atoms. The molecule has 3 heteroatoms. The van der Waals surface area contributed by atoms with Crippen molar-refractivity contribution in [2.45, 2.75) is 50.7 Å². The molecule has 2 heterocycles. The standard InChI is InChI=1S/C20H27NO2/c1-20(2)15-17(11-14-23-20)21-12-10-18(19-9-6-13-22-19)16-7-4-3-5-8-16/h3-9,13,17-18,21H,10-12,14-15H2,1-2H3/p+1/t17-,18+/m1/s1. The Kier molecular flexibility index (Phi) is 5.19. The van der Waals surface area contributed by atoms with Crippen LogP contribution in [-0.2, 0) is 4.74 Å². The second kappa shape index (κ2) is 7.33. The van der Waals surface area contributed by atoms with Gasteiger partial charge in [0, 0.05) is 25.2 Å². The number of hydrogen-bond donors (Lipinski definition) is 1. The Bertz CT molecular complexity index is 577. The van der Waals surface area contributed by atoms with E-state index in [1.54, 1.807) is 6.26 Å². The van der Waals surface area contributed by atoms with Crippen LogP contribution in [0.25, 0.3) is 0 Å². The lowest BCUT2D eigenvalue weighted by Crippen LogP contribution is -2.91. The smallest absolute Gasteiger partial charge is 0.111 e. The minimum absolute atomic E-state index is 0.0270. The number of rotatable bonds is 6. The summed E-state index contributed by atoms with van der Waals surface area (Å²) >= 11 is 0. The molecular weight excluding hydrogens is 286 g/mol. The molecule has 1 aliphatic rings. The lowest BCUT2D eigenvalue weighted by Gasteiger charge is -2.34. The summed E-state index contributed by atoms with van der Waals surface area (Å²) in [6.45, 7) is 6.39. The van der Waals surface area contributed by atoms with Crippen molar-refractivity contribution in [2.24, 2.45) is 0 Å². The maximum Gasteiger partial charge on any atom is 0.111 e. The van der Waals surface area contributed by atoms with Crippen molar-refractivity contribution in [3.63, 3.8) is 0 Å². The largest absolute Gasteiger partial charge is 0.469 e. The third kappa shape index (κ3) is 4.46. The highest BCUT2D eigenvalue weighted by molar-refractivity contribution is 5.26. The molecule has 2 aromatic rings. The number of benzene rings is 1. The van der Waals surface area contributed by atoms with Gasteiger partial charge in [-0.2, -0.15) is 0 Å². The maximum absolute atomic E-state index is 5.82. The van der Waals surface area contributed by atoms with Crippen LogP contribution in [0.3, 0.4) is 0 Å². The van der Waals surface area contributed by atoms with Crippen LogP contribution in [0.1, 0.15) is 50.4 Å². The number of nitrogens with two attached hydrogens (primary N) is 1. The van der Waals surface area contributed by atoms with Crippen LogP contribution in [0.2, 0.25) is 0 Å². The molecule has 0 saturated carbocycles. The Hall–Kier alpha value is -1.58. The zero-order chi connectivity index (χ0) is 16.1. The van der Waals surface area contributed by atoms with Gasteiger partial charge in [0.05, 0.1) is 31.1 Å². The highest BCUT2D eigenvalue weighted by Crippen LogP contribution is 2.27. The summed E-state index contributed by atoms with van der Waals surface area (Å²) in [7, 11) is 0. The maximum atomic E-state index is 5.82. The number of quaternary nitrogens is 1. The Labute approximate surface area is 139 Å². The molecular formula is C20H28NO2+. The Morgan fingerprint density at radius 3 is 2.70 bits per heavy atom. The summed E-state index contributed by atoms with van der Waals surface area (Å²) in [6, 6.07) is 15.4. The first-order valence-corrected chi connectivity index (χ1v) is 8.70. The van der Waals surface area contributed by atoms with E-state index in [4.69, 9.17) is 9.15 Å². The fraction of sp³-hybridized carbons (Fsp3) is 0.500. The van der Waals surface area contributed by atoms with Gasteiger partial charge in [-0.25, -0.2) is 0 Å². The first-order chi connectivity index (χ1) is 11.1. The second-order valence-electron chi connectivity index (χ2n) is 7.15. The van der Waals surface area contributed by atoms with Gasteiger partial charge in [0.15, 0.2) is 0 Å². The molecule has 3 rings (SSSR count). The number of ether oxygens (including phenoxy) is 1. The SMILES string of the molecule is CC1(C)C[C@H]([NH2+]CC[C@@H](c2ccccc2)c2ccco2)CCO1. The summed E-state index contributed by atoms with van der Waals surface area (Å²) in [5, 5.41) is 2.50. The van der Waals surface area contributed by atoms with E-state index in [1.165, 1.54) is 5.56 Å². The van der Waals surface area contributed by atoms with Crippen LogP contribution in [-0.4, -0.2) is 24.8 Å². The van der Waals surface area contributed by atoms with E-state index in [0.29, 0.717) is 12.0 Å². The molecule has 23 heavy (non-hydrogen) atoms. The molecule has 2 N–H and O–H groups in total. The van der Waals surface area contributed by atoms with Crippen LogP contribution in [0, 0.1) is 0 Å². The van der Waals surface area contributed by atoms with E-state index in [0.717, 1.165) is 38.2 Å². The molecule has 1 saturated heterocycles. The highest BCUT2D eigenvalue weighted by Gasteiger charge is 2.31. The van der Waals surface area contributed by atoms with Crippen LogP contribution in [0.4, 0.5) is 0 Å². The van der Waals surface area contributed by atoms with Gasteiger partial charge < -0.3 is 14.5 Å². The molecule has 1 aromatic heterocycles. The molecule has 2 atom stereocenters. The third-order valence-electron chi connectivity index (χ3n) is 4.78. The summed E-state index contributed by atoms with van der Waals surface area (Å²) in [5.41, 5.74) is 1.36. The van der Waals surface area contributed by atoms with Crippen molar-refractivity contribution in [1.82, 2.24) is 0 Å². The molecule has 0 unspecified atom stereocenters. The van der Waals surface area contributed by atoms with Gasteiger partial charge >= 0.3 is 0 Å². The first-order valence-electron chi connectivity index (χ1n) is 8.70. The van der Waals surface area contributed by atoms with E-state index in [2.05, 4.69) is 55.6 Å². The average Bonchev–Trinajstić information content (AvgIpc) is 3.05. The van der Waals surface area contributed by atoms with Gasteiger partial charge in [0.1, 0.15) is 5.76 Å². The van der Waals surface area contributed by atoms with Gasteiger partial charge in [-0.3, -0.25) is 0 Å². The summed E-state index contributed by atoms with van der Waals surface area (Å²) < 4.78 is 11.5. The van der Waals surface area contributed by atoms with E-state index < -0.39 is 0 Å². The third-order valence-corrected chi connectivity index (χ3v) is 4.78. The lowest BCUT2D eigenvalue weighted by atomic mass is 9.91. The summed E-state index contributed by atoms with van der Waals surface area (Å²) in [5.74, 6) is 1.41. The topological polar surface area (TPSA) is 39.0 Å². The second-order valence-corrected chi connectivity index (χ2v) is 7.15. The van der Waals surface area contributed by atoms with Crippen LogP contribution in [0.15, 0.2) is 53.1 Å². The van der Waals surface area contributed by atoms with Gasteiger partial charge in [0.25, 0.3) is 0 Å². The minimum atomic E-state index is 0.0270. The predicted octanol–water partition coefficient (Wildman–Crippen LogP) is 3.32. The van der Waals surface area contributed by atoms with Crippen molar-refractivity contribution in [1.29, 1.82) is 0 Å². The first kappa shape index (κ1) is 16.3. The lowest BCUT2D eigenvalue weighted by molar-refractivity contribution is -0.695. The van der Waals surface area contributed by atoms with Gasteiger partial charge in [-0.15, -0.1) is 0 Å². The normalized spacial score (nSPS) is 21.9. The summed E-state index contributed by atoms with van der Waals surface area (Å²) in [4.78, 5) is 0. The van der Waals surface area contributed by atoms with Crippen LogP contribution >= 0.6 is 0 Å². The molecule has 3 nitrogen and oxygen atoms in total. The average molecular weight is 314 g/mol. The molecule has 124 valence electrons. The van der Waals surface area contributed by atoms with E-state index in [1.807, 2.05) is 6.07 Å². The van der Waals surface area contributed by atoms with Gasteiger partial charge in [0.2, 0.25) is 0 Å². The molecule has 1 fully saturated rings. The molecule has 1 aromatic carbocycles. The summed E-state index contributed by atoms with van der Waals surface area (Å²) in [6.07, 6.45) is 5.15. The Morgan fingerprint density at radius 2 is 2.00 bits per heavy atom. The monoisotopic (exact) mass is 314 g/mol. The van der Waals surface area contributed by atoms with Crippen molar-refractivity contribution in [3.8, 4) is 0 Å². The van der Waals surface area contributed by atoms with Crippen LogP contribution < -0.4 is 5.32 Å². The highest BCUT2D eigenvalue weighted by atomic mass is 16.5. The van der Waals surface area contributed by atoms with E-state index in [-0.39, 0.29) is 5.60 Å². The quantitative estimate of drug-likeness (QED) is 0.888. The fourth-order valence-corrected chi connectivity index (χ4v) is 3.63. The van der Waals surface area contributed by atoms with Crippen molar-refractivity contribution >= 4 is 0 Å². The fourth-order valence-electron chi connectivity index (χ4n) is 3.63. The Balaban J connectivity index is 1.59. The molecule has 0 aliphatic carbocycles. The van der Waals surface area contributed by atoms with Gasteiger partial charge in [-0.05, 0) is 31.5 Å². The Morgan fingerprint density at radius 1 is 1.17 bits per heavy atom. The zero-order valence-corrected chi connectivity index (χ0v) is 14.2. The number of hydrogen-bond acceptors (Lipinski definition) is 2. The molecule has 1 aliphatic heterocycles.